The molecule has 1 aromatic heterocycles. The van der Waals surface area contributed by atoms with Gasteiger partial charge in [-0.2, -0.15) is 0 Å². The van der Waals surface area contributed by atoms with Crippen molar-refractivity contribution in [2.45, 2.75) is 71.5 Å². The highest BCUT2D eigenvalue weighted by Crippen LogP contribution is 2.30. The predicted molar refractivity (Wildman–Crippen MR) is 158 cm³/mol. The Kier molecular flexibility index (Phi) is 11.6. The molecule has 0 spiro atoms. The second kappa shape index (κ2) is 15.8. The van der Waals surface area contributed by atoms with Gasteiger partial charge in [-0.1, -0.05) is 67.9 Å². The van der Waals surface area contributed by atoms with Crippen LogP contribution in [-0.4, -0.2) is 36.9 Å². The lowest BCUT2D eigenvalue weighted by atomic mass is 10.0. The average Bonchev–Trinajstić information content (AvgIpc) is 2.99. The van der Waals surface area contributed by atoms with Crippen molar-refractivity contribution in [3.05, 3.63) is 94.7 Å². The Balaban J connectivity index is 1.62. The van der Waals surface area contributed by atoms with Crippen LogP contribution in [0.4, 0.5) is 0 Å². The van der Waals surface area contributed by atoms with Crippen LogP contribution in [0.15, 0.2) is 66.7 Å². The Morgan fingerprint density at radius 3 is 2.42 bits per heavy atom. The van der Waals surface area contributed by atoms with Crippen LogP contribution in [0, 0.1) is 0 Å². The number of nitrogens with zero attached hydrogens (tertiary/aromatic N) is 1. The van der Waals surface area contributed by atoms with Gasteiger partial charge in [0, 0.05) is 24.3 Å². The predicted octanol–water partition coefficient (Wildman–Crippen LogP) is 6.92. The summed E-state index contributed by atoms with van der Waals surface area (Å²) in [6.07, 6.45) is 10.1. The number of aromatic nitrogens is 1. The first-order valence-corrected chi connectivity index (χ1v) is 14.5. The first-order chi connectivity index (χ1) is 19.6. The Hall–Kier alpha value is -3.64. The molecular weight excluding hydrogens is 502 g/mol. The van der Waals surface area contributed by atoms with Crippen molar-refractivity contribution in [3.8, 4) is 11.6 Å². The van der Waals surface area contributed by atoms with E-state index in [9.17, 15) is 4.79 Å². The molecule has 212 valence electrons. The van der Waals surface area contributed by atoms with E-state index in [0.717, 1.165) is 62.0 Å². The van der Waals surface area contributed by atoms with Gasteiger partial charge in [0.1, 0.15) is 19.0 Å². The van der Waals surface area contributed by atoms with Crippen LogP contribution in [-0.2, 0) is 40.1 Å². The van der Waals surface area contributed by atoms with Crippen LogP contribution >= 0.6 is 0 Å². The fourth-order valence-corrected chi connectivity index (χ4v) is 4.74. The SMILES string of the molecule is CCCc1ccc(CCc2nc(OCC3CCCCO3)cc(OCc3ccccc3)c2/C=C/C(=O)OCC)cc1. The lowest BCUT2D eigenvalue weighted by Crippen LogP contribution is -2.26. The van der Waals surface area contributed by atoms with E-state index in [2.05, 4.69) is 31.2 Å². The molecule has 2 heterocycles. The van der Waals surface area contributed by atoms with Crippen molar-refractivity contribution in [3.63, 3.8) is 0 Å². The lowest BCUT2D eigenvalue weighted by molar-refractivity contribution is -0.137. The molecule has 1 atom stereocenters. The van der Waals surface area contributed by atoms with Gasteiger partial charge in [-0.05, 0) is 68.2 Å². The summed E-state index contributed by atoms with van der Waals surface area (Å²) < 4.78 is 23.5. The Labute approximate surface area is 238 Å². The number of esters is 1. The first-order valence-electron chi connectivity index (χ1n) is 14.5. The maximum atomic E-state index is 12.2. The number of pyridine rings is 1. The molecule has 0 radical (unpaired) electrons. The number of carbonyl (C=O) groups excluding carboxylic acids is 1. The fraction of sp³-hybridized carbons (Fsp3) is 0.412. The fourth-order valence-electron chi connectivity index (χ4n) is 4.74. The van der Waals surface area contributed by atoms with Crippen molar-refractivity contribution >= 4 is 12.0 Å². The van der Waals surface area contributed by atoms with Gasteiger partial charge in [0.15, 0.2) is 0 Å². The van der Waals surface area contributed by atoms with Crippen molar-refractivity contribution < 1.29 is 23.7 Å². The number of benzene rings is 2. The zero-order valence-corrected chi connectivity index (χ0v) is 23.8. The van der Waals surface area contributed by atoms with Crippen molar-refractivity contribution in [1.29, 1.82) is 0 Å². The van der Waals surface area contributed by atoms with E-state index in [0.29, 0.717) is 37.9 Å². The molecule has 2 aromatic carbocycles. The molecule has 0 bridgehead atoms. The Morgan fingerprint density at radius 2 is 1.73 bits per heavy atom. The number of hydrogen-bond acceptors (Lipinski definition) is 6. The summed E-state index contributed by atoms with van der Waals surface area (Å²) in [4.78, 5) is 17.1. The molecule has 1 aliphatic heterocycles. The van der Waals surface area contributed by atoms with E-state index in [-0.39, 0.29) is 6.10 Å². The van der Waals surface area contributed by atoms with E-state index in [1.54, 1.807) is 13.0 Å². The van der Waals surface area contributed by atoms with E-state index in [1.807, 2.05) is 36.4 Å². The van der Waals surface area contributed by atoms with Crippen LogP contribution in [0.2, 0.25) is 0 Å². The Bertz CT molecular complexity index is 1220. The third-order valence-corrected chi connectivity index (χ3v) is 6.89. The summed E-state index contributed by atoms with van der Waals surface area (Å²) in [5.41, 5.74) is 5.19. The normalized spacial score (nSPS) is 15.2. The highest BCUT2D eigenvalue weighted by molar-refractivity contribution is 5.87. The molecule has 1 aliphatic rings. The van der Waals surface area contributed by atoms with E-state index in [4.69, 9.17) is 23.9 Å². The molecule has 6 nitrogen and oxygen atoms in total. The maximum Gasteiger partial charge on any atom is 0.330 e. The van der Waals surface area contributed by atoms with Crippen molar-refractivity contribution in [2.24, 2.45) is 0 Å². The number of aryl methyl sites for hydroxylation is 3. The first kappa shape index (κ1) is 29.3. The minimum atomic E-state index is -0.399. The smallest absolute Gasteiger partial charge is 0.330 e. The highest BCUT2D eigenvalue weighted by Gasteiger charge is 2.18. The number of rotatable bonds is 14. The maximum absolute atomic E-state index is 12.2. The molecule has 3 aromatic rings. The lowest BCUT2D eigenvalue weighted by Gasteiger charge is -2.23. The summed E-state index contributed by atoms with van der Waals surface area (Å²) in [5, 5.41) is 0. The van der Waals surface area contributed by atoms with Gasteiger partial charge in [0.05, 0.1) is 18.4 Å². The van der Waals surface area contributed by atoms with Crippen molar-refractivity contribution in [1.82, 2.24) is 4.98 Å². The largest absolute Gasteiger partial charge is 0.488 e. The topological polar surface area (TPSA) is 66.9 Å². The van der Waals surface area contributed by atoms with Crippen LogP contribution in [0.25, 0.3) is 6.08 Å². The highest BCUT2D eigenvalue weighted by atomic mass is 16.5. The summed E-state index contributed by atoms with van der Waals surface area (Å²) >= 11 is 0. The standard InChI is InChI=1S/C34H41NO5/c1-3-10-26-14-16-27(17-15-26)18-20-31-30(19-21-34(36)37-4-2)32(39-24-28-11-6-5-7-12-28)23-33(35-31)40-25-29-13-8-9-22-38-29/h5-7,11-12,14-17,19,21,23,29H,3-4,8-10,13,18,20,22,24-25H2,1-2H3/b21-19+. The molecular formula is C34H41NO5. The molecule has 40 heavy (non-hydrogen) atoms. The monoisotopic (exact) mass is 543 g/mol. The third kappa shape index (κ3) is 9.23. The van der Waals surface area contributed by atoms with E-state index >= 15 is 0 Å². The minimum absolute atomic E-state index is 0.0673. The number of hydrogen-bond donors (Lipinski definition) is 0. The van der Waals surface area contributed by atoms with Gasteiger partial charge >= 0.3 is 5.97 Å². The zero-order valence-electron chi connectivity index (χ0n) is 23.8. The molecule has 1 unspecified atom stereocenters. The van der Waals surface area contributed by atoms with E-state index in [1.165, 1.54) is 17.2 Å². The quantitative estimate of drug-likeness (QED) is 0.162. The van der Waals surface area contributed by atoms with Gasteiger partial charge in [0.25, 0.3) is 0 Å². The van der Waals surface area contributed by atoms with Gasteiger partial charge in [0.2, 0.25) is 5.88 Å². The average molecular weight is 544 g/mol. The molecule has 0 N–H and O–H groups in total. The molecule has 1 saturated heterocycles. The van der Waals surface area contributed by atoms with Gasteiger partial charge in [-0.15, -0.1) is 0 Å². The second-order valence-corrected chi connectivity index (χ2v) is 10.0. The van der Waals surface area contributed by atoms with Gasteiger partial charge < -0.3 is 18.9 Å². The van der Waals surface area contributed by atoms with Crippen molar-refractivity contribution in [2.75, 3.05) is 19.8 Å². The summed E-state index contributed by atoms with van der Waals surface area (Å²) in [5.74, 6) is 0.717. The number of carbonyl (C=O) groups is 1. The van der Waals surface area contributed by atoms with E-state index < -0.39 is 5.97 Å². The van der Waals surface area contributed by atoms with Crippen LogP contribution in [0.3, 0.4) is 0 Å². The zero-order chi connectivity index (χ0) is 28.0. The molecule has 0 amide bonds. The summed E-state index contributed by atoms with van der Waals surface area (Å²) in [7, 11) is 0. The minimum Gasteiger partial charge on any atom is -0.488 e. The summed E-state index contributed by atoms with van der Waals surface area (Å²) in [6.45, 7) is 5.90. The molecule has 4 rings (SSSR count). The second-order valence-electron chi connectivity index (χ2n) is 10.0. The molecule has 0 aliphatic carbocycles. The van der Waals surface area contributed by atoms with Gasteiger partial charge in [-0.3, -0.25) is 0 Å². The van der Waals surface area contributed by atoms with Crippen LogP contribution < -0.4 is 9.47 Å². The third-order valence-electron chi connectivity index (χ3n) is 6.89. The van der Waals surface area contributed by atoms with Crippen LogP contribution in [0.1, 0.15) is 67.5 Å². The number of ether oxygens (including phenoxy) is 4. The summed E-state index contributed by atoms with van der Waals surface area (Å²) in [6, 6.07) is 20.6. The Morgan fingerprint density at radius 1 is 0.950 bits per heavy atom. The van der Waals surface area contributed by atoms with Gasteiger partial charge in [-0.25, -0.2) is 9.78 Å². The van der Waals surface area contributed by atoms with Crippen LogP contribution in [0.5, 0.6) is 11.6 Å². The molecule has 1 fully saturated rings. The molecule has 0 saturated carbocycles. The molecule has 6 heteroatoms.